The van der Waals surface area contributed by atoms with E-state index in [9.17, 15) is 0 Å². The molecule has 0 saturated heterocycles. The zero-order chi connectivity index (χ0) is 11.0. The largest absolute Gasteiger partial charge is 0.462 e. The number of rotatable bonds is 0. The second kappa shape index (κ2) is 3.56. The molecule has 1 aliphatic heterocycles. The SMILES string of the molecule is CN1C=COc2c(ccc3ccccc23)C1. The molecule has 16 heavy (non-hydrogen) atoms. The molecule has 0 spiro atoms. The van der Waals surface area contributed by atoms with E-state index in [1.807, 2.05) is 25.4 Å². The van der Waals surface area contributed by atoms with Gasteiger partial charge >= 0.3 is 0 Å². The van der Waals surface area contributed by atoms with E-state index in [1.54, 1.807) is 6.26 Å². The van der Waals surface area contributed by atoms with Crippen molar-refractivity contribution < 1.29 is 4.74 Å². The maximum Gasteiger partial charge on any atom is 0.139 e. The Kier molecular flexibility index (Phi) is 2.07. The summed E-state index contributed by atoms with van der Waals surface area (Å²) in [7, 11) is 2.05. The van der Waals surface area contributed by atoms with Crippen molar-refractivity contribution in [2.75, 3.05) is 7.05 Å². The molecular formula is C14H13NO. The molecule has 0 aromatic heterocycles. The smallest absolute Gasteiger partial charge is 0.139 e. The van der Waals surface area contributed by atoms with Crippen LogP contribution in [0.25, 0.3) is 10.8 Å². The lowest BCUT2D eigenvalue weighted by molar-refractivity contribution is 0.449. The Bertz CT molecular complexity index is 560. The Balaban J connectivity index is 2.26. The molecule has 0 aliphatic carbocycles. The summed E-state index contributed by atoms with van der Waals surface area (Å²) in [4.78, 5) is 2.11. The molecule has 0 unspecified atom stereocenters. The third-order valence-corrected chi connectivity index (χ3v) is 2.88. The highest BCUT2D eigenvalue weighted by molar-refractivity contribution is 5.89. The van der Waals surface area contributed by atoms with Crippen molar-refractivity contribution in [2.45, 2.75) is 6.54 Å². The Morgan fingerprint density at radius 3 is 2.94 bits per heavy atom. The van der Waals surface area contributed by atoms with E-state index in [4.69, 9.17) is 4.74 Å². The van der Waals surface area contributed by atoms with E-state index in [2.05, 4.69) is 29.2 Å². The second-order valence-electron chi connectivity index (χ2n) is 4.09. The molecule has 0 saturated carbocycles. The van der Waals surface area contributed by atoms with Crippen LogP contribution < -0.4 is 4.74 Å². The molecule has 0 N–H and O–H groups in total. The van der Waals surface area contributed by atoms with Gasteiger partial charge in [0.25, 0.3) is 0 Å². The fraction of sp³-hybridized carbons (Fsp3) is 0.143. The molecule has 0 fully saturated rings. The zero-order valence-electron chi connectivity index (χ0n) is 9.18. The van der Waals surface area contributed by atoms with Crippen LogP contribution in [0.4, 0.5) is 0 Å². The monoisotopic (exact) mass is 211 g/mol. The Hall–Kier alpha value is -1.96. The summed E-state index contributed by atoms with van der Waals surface area (Å²) < 4.78 is 5.71. The molecule has 0 bridgehead atoms. The molecule has 2 aromatic carbocycles. The molecule has 3 rings (SSSR count). The minimum Gasteiger partial charge on any atom is -0.462 e. The van der Waals surface area contributed by atoms with Crippen molar-refractivity contribution in [1.29, 1.82) is 0 Å². The first-order chi connectivity index (χ1) is 7.84. The summed E-state index contributed by atoms with van der Waals surface area (Å²) in [6.45, 7) is 0.886. The summed E-state index contributed by atoms with van der Waals surface area (Å²) in [6, 6.07) is 12.6. The topological polar surface area (TPSA) is 12.5 Å². The van der Waals surface area contributed by atoms with Crippen LogP contribution in [0.1, 0.15) is 5.56 Å². The molecule has 2 nitrogen and oxygen atoms in total. The van der Waals surface area contributed by atoms with Gasteiger partial charge in [-0.05, 0) is 5.39 Å². The molecule has 1 heterocycles. The quantitative estimate of drug-likeness (QED) is 0.663. The number of hydrogen-bond donors (Lipinski definition) is 0. The standard InChI is InChI=1S/C14H13NO/c1-15-8-9-16-14-12(10-15)7-6-11-4-2-3-5-13(11)14/h2-9H,10H2,1H3. The molecule has 1 aliphatic rings. The average Bonchev–Trinajstić information content (AvgIpc) is 2.50. The van der Waals surface area contributed by atoms with E-state index >= 15 is 0 Å². The van der Waals surface area contributed by atoms with Crippen molar-refractivity contribution >= 4 is 10.8 Å². The van der Waals surface area contributed by atoms with Crippen molar-refractivity contribution in [1.82, 2.24) is 4.90 Å². The van der Waals surface area contributed by atoms with Crippen molar-refractivity contribution in [2.24, 2.45) is 0 Å². The highest BCUT2D eigenvalue weighted by atomic mass is 16.5. The van der Waals surface area contributed by atoms with Crippen LogP contribution in [0.15, 0.2) is 48.9 Å². The third-order valence-electron chi connectivity index (χ3n) is 2.88. The van der Waals surface area contributed by atoms with Crippen LogP contribution in [0.5, 0.6) is 5.75 Å². The van der Waals surface area contributed by atoms with E-state index in [1.165, 1.54) is 16.3 Å². The molecule has 0 radical (unpaired) electrons. The average molecular weight is 211 g/mol. The lowest BCUT2D eigenvalue weighted by Crippen LogP contribution is -2.08. The fourth-order valence-electron chi connectivity index (χ4n) is 2.08. The van der Waals surface area contributed by atoms with Crippen LogP contribution >= 0.6 is 0 Å². The van der Waals surface area contributed by atoms with Gasteiger partial charge in [0.05, 0.1) is 0 Å². The maximum atomic E-state index is 5.71. The number of benzene rings is 2. The number of hydrogen-bond acceptors (Lipinski definition) is 2. The van der Waals surface area contributed by atoms with Crippen LogP contribution in [0, 0.1) is 0 Å². The predicted octanol–water partition coefficient (Wildman–Crippen LogP) is 3.14. The van der Waals surface area contributed by atoms with Crippen LogP contribution in [-0.4, -0.2) is 11.9 Å². The van der Waals surface area contributed by atoms with Crippen molar-refractivity contribution in [3.8, 4) is 5.75 Å². The first-order valence-electron chi connectivity index (χ1n) is 5.39. The van der Waals surface area contributed by atoms with Gasteiger partial charge in [0.1, 0.15) is 12.0 Å². The minimum absolute atomic E-state index is 0.886. The summed E-state index contributed by atoms with van der Waals surface area (Å²) in [6.07, 6.45) is 3.70. The van der Waals surface area contributed by atoms with E-state index in [0.717, 1.165) is 12.3 Å². The van der Waals surface area contributed by atoms with Crippen LogP contribution in [0.2, 0.25) is 0 Å². The normalized spacial score (nSPS) is 14.4. The Labute approximate surface area is 94.8 Å². The van der Waals surface area contributed by atoms with Crippen molar-refractivity contribution in [3.05, 3.63) is 54.4 Å². The van der Waals surface area contributed by atoms with Gasteiger partial charge in [0.15, 0.2) is 0 Å². The second-order valence-corrected chi connectivity index (χ2v) is 4.09. The number of ether oxygens (including phenoxy) is 1. The summed E-state index contributed by atoms with van der Waals surface area (Å²) in [5.74, 6) is 0.985. The van der Waals surface area contributed by atoms with E-state index in [-0.39, 0.29) is 0 Å². The predicted molar refractivity (Wildman–Crippen MR) is 65.2 cm³/mol. The first kappa shape index (κ1) is 9.28. The lowest BCUT2D eigenvalue weighted by Gasteiger charge is -2.13. The number of nitrogens with zero attached hydrogens (tertiary/aromatic N) is 1. The van der Waals surface area contributed by atoms with Gasteiger partial charge in [-0.1, -0.05) is 36.4 Å². The Morgan fingerprint density at radius 1 is 1.12 bits per heavy atom. The van der Waals surface area contributed by atoms with Gasteiger partial charge in [-0.2, -0.15) is 0 Å². The maximum absolute atomic E-state index is 5.71. The van der Waals surface area contributed by atoms with Gasteiger partial charge < -0.3 is 9.64 Å². The zero-order valence-corrected chi connectivity index (χ0v) is 9.18. The van der Waals surface area contributed by atoms with Crippen molar-refractivity contribution in [3.63, 3.8) is 0 Å². The van der Waals surface area contributed by atoms with Gasteiger partial charge in [-0.3, -0.25) is 0 Å². The van der Waals surface area contributed by atoms with Gasteiger partial charge in [-0.25, -0.2) is 0 Å². The van der Waals surface area contributed by atoms with Crippen LogP contribution in [0.3, 0.4) is 0 Å². The summed E-state index contributed by atoms with van der Waals surface area (Å²) in [5.41, 5.74) is 1.23. The summed E-state index contributed by atoms with van der Waals surface area (Å²) in [5, 5.41) is 2.40. The van der Waals surface area contributed by atoms with Gasteiger partial charge in [-0.15, -0.1) is 0 Å². The molecule has 0 atom stereocenters. The van der Waals surface area contributed by atoms with Gasteiger partial charge in [0.2, 0.25) is 0 Å². The highest BCUT2D eigenvalue weighted by Crippen LogP contribution is 2.32. The molecular weight excluding hydrogens is 198 g/mol. The summed E-state index contributed by atoms with van der Waals surface area (Å²) >= 11 is 0. The van der Waals surface area contributed by atoms with E-state index in [0.29, 0.717) is 0 Å². The van der Waals surface area contributed by atoms with Gasteiger partial charge in [0, 0.05) is 30.7 Å². The minimum atomic E-state index is 0.886. The fourth-order valence-corrected chi connectivity index (χ4v) is 2.08. The highest BCUT2D eigenvalue weighted by Gasteiger charge is 2.11. The lowest BCUT2D eigenvalue weighted by atomic mass is 10.1. The number of fused-ring (bicyclic) bond motifs is 3. The molecule has 0 amide bonds. The molecule has 2 aromatic rings. The molecule has 2 heteroatoms. The Morgan fingerprint density at radius 2 is 2.00 bits per heavy atom. The third kappa shape index (κ3) is 1.43. The van der Waals surface area contributed by atoms with E-state index < -0.39 is 0 Å². The molecule has 80 valence electrons. The van der Waals surface area contributed by atoms with Crippen LogP contribution in [-0.2, 0) is 6.54 Å². The first-order valence-corrected chi connectivity index (χ1v) is 5.39.